The molecule has 1 aliphatic heterocycles. The lowest BCUT2D eigenvalue weighted by molar-refractivity contribution is -0.156. The van der Waals surface area contributed by atoms with Crippen molar-refractivity contribution in [1.82, 2.24) is 10.6 Å². The Bertz CT molecular complexity index is 1310. The van der Waals surface area contributed by atoms with E-state index in [1.165, 1.54) is 13.2 Å². The van der Waals surface area contributed by atoms with Gasteiger partial charge in [0.25, 0.3) is 0 Å². The zero-order valence-corrected chi connectivity index (χ0v) is 27.3. The van der Waals surface area contributed by atoms with Crippen molar-refractivity contribution in [2.45, 2.75) is 103 Å². The minimum Gasteiger partial charge on any atom is -0.460 e. The smallest absolute Gasteiger partial charge is 0.328 e. The average molecular weight is 637 g/mol. The highest BCUT2D eigenvalue weighted by Crippen LogP contribution is 2.25. The van der Waals surface area contributed by atoms with Gasteiger partial charge in [-0.2, -0.15) is 0 Å². The molecular formula is C36H48N2O8. The lowest BCUT2D eigenvalue weighted by atomic mass is 9.88. The maximum absolute atomic E-state index is 13.1. The van der Waals surface area contributed by atoms with Gasteiger partial charge >= 0.3 is 5.97 Å². The van der Waals surface area contributed by atoms with E-state index >= 15 is 0 Å². The number of ketones is 2. The summed E-state index contributed by atoms with van der Waals surface area (Å²) in [5, 5.41) is 16.6. The Balaban J connectivity index is 1.79. The van der Waals surface area contributed by atoms with Crippen LogP contribution in [0.1, 0.15) is 78.6 Å². The van der Waals surface area contributed by atoms with Gasteiger partial charge in [0.05, 0.1) is 24.3 Å². The summed E-state index contributed by atoms with van der Waals surface area (Å²) < 4.78 is 11.3. The highest BCUT2D eigenvalue weighted by atomic mass is 16.5. The fourth-order valence-corrected chi connectivity index (χ4v) is 5.73. The summed E-state index contributed by atoms with van der Waals surface area (Å²) in [5.74, 6) is -2.59. The summed E-state index contributed by atoms with van der Waals surface area (Å²) in [6.45, 7) is 5.16. The maximum atomic E-state index is 13.1. The van der Waals surface area contributed by atoms with Crippen molar-refractivity contribution in [3.63, 3.8) is 0 Å². The van der Waals surface area contributed by atoms with Crippen molar-refractivity contribution in [1.29, 1.82) is 0 Å². The molecule has 0 aromatic carbocycles. The van der Waals surface area contributed by atoms with Gasteiger partial charge in [0.2, 0.25) is 17.6 Å². The number of esters is 1. The van der Waals surface area contributed by atoms with E-state index in [0.29, 0.717) is 18.4 Å². The number of carbonyl (C=O) groups is 5. The van der Waals surface area contributed by atoms with Gasteiger partial charge in [0.15, 0.2) is 5.78 Å². The molecule has 1 saturated carbocycles. The molecule has 0 unspecified atom stereocenters. The van der Waals surface area contributed by atoms with Crippen LogP contribution < -0.4 is 10.6 Å². The number of ether oxygens (including phenoxy) is 2. The van der Waals surface area contributed by atoms with E-state index in [0.717, 1.165) is 38.2 Å². The summed E-state index contributed by atoms with van der Waals surface area (Å²) in [4.78, 5) is 63.8. The van der Waals surface area contributed by atoms with Gasteiger partial charge in [0, 0.05) is 37.0 Å². The van der Waals surface area contributed by atoms with Crippen molar-refractivity contribution >= 4 is 29.4 Å². The Morgan fingerprint density at radius 1 is 1.04 bits per heavy atom. The Kier molecular flexibility index (Phi) is 14.6. The zero-order chi connectivity index (χ0) is 33.6. The molecule has 0 radical (unpaired) electrons. The van der Waals surface area contributed by atoms with Crippen LogP contribution in [0, 0.1) is 11.8 Å². The third kappa shape index (κ3) is 11.2. The molecule has 0 saturated heterocycles. The van der Waals surface area contributed by atoms with Crippen molar-refractivity contribution in [3.8, 4) is 0 Å². The molecule has 46 heavy (non-hydrogen) atoms. The van der Waals surface area contributed by atoms with Gasteiger partial charge in [-0.1, -0.05) is 68.7 Å². The number of hydrogen-bond acceptors (Lipinski definition) is 8. The number of carbonyl (C=O) groups excluding carboxylic acids is 5. The normalized spacial score (nSPS) is 29.8. The SMILES string of the molecule is CO[C@H]1/C=C/C=C/C=C/C[C@H](OC(=O)[C@@H](C)NC(=O)C2CCCCC2)[C@@H](C)[C@@H](O)/C(C)=C\CCC2=CC(=O)C=C(NC(=O)C1)C2=O. The number of fused-ring (bicyclic) bond motifs is 2. The number of aliphatic hydroxyl groups excluding tert-OH is 1. The largest absolute Gasteiger partial charge is 0.460 e. The van der Waals surface area contributed by atoms with Crippen LogP contribution in [0.25, 0.3) is 0 Å². The van der Waals surface area contributed by atoms with E-state index in [2.05, 4.69) is 10.6 Å². The molecule has 2 bridgehead atoms. The van der Waals surface area contributed by atoms with E-state index in [1.807, 2.05) is 6.08 Å². The molecular weight excluding hydrogens is 588 g/mol. The number of rotatable bonds is 5. The molecule has 3 N–H and O–H groups in total. The minimum absolute atomic E-state index is 0.0567. The van der Waals surface area contributed by atoms with Crippen molar-refractivity contribution in [2.75, 3.05) is 7.11 Å². The third-order valence-corrected chi connectivity index (χ3v) is 8.65. The van der Waals surface area contributed by atoms with Crippen LogP contribution in [0.2, 0.25) is 0 Å². The Morgan fingerprint density at radius 2 is 1.76 bits per heavy atom. The molecule has 1 heterocycles. The summed E-state index contributed by atoms with van der Waals surface area (Å²) >= 11 is 0. The zero-order valence-electron chi connectivity index (χ0n) is 27.3. The van der Waals surface area contributed by atoms with Gasteiger partial charge in [-0.05, 0) is 51.2 Å². The highest BCUT2D eigenvalue weighted by Gasteiger charge is 2.31. The first kappa shape index (κ1) is 36.6. The lowest BCUT2D eigenvalue weighted by Crippen LogP contribution is -2.45. The summed E-state index contributed by atoms with van der Waals surface area (Å²) in [6, 6.07) is -0.840. The minimum atomic E-state index is -0.968. The van der Waals surface area contributed by atoms with E-state index in [1.54, 1.807) is 57.2 Å². The quantitative estimate of drug-likeness (QED) is 0.230. The number of Topliss-reactive ketones (excluding diaryl/α,β-unsaturated/α-hetero) is 1. The molecule has 0 aromatic heterocycles. The van der Waals surface area contributed by atoms with Gasteiger partial charge in [-0.15, -0.1) is 0 Å². The average Bonchev–Trinajstić information content (AvgIpc) is 3.04. The molecule has 3 aliphatic rings. The molecule has 250 valence electrons. The summed E-state index contributed by atoms with van der Waals surface area (Å²) in [5.41, 5.74) is 0.803. The van der Waals surface area contributed by atoms with Crippen molar-refractivity contribution in [2.24, 2.45) is 11.8 Å². The molecule has 2 amide bonds. The first-order valence-electron chi connectivity index (χ1n) is 16.2. The second kappa shape index (κ2) is 18.3. The maximum Gasteiger partial charge on any atom is 0.328 e. The first-order chi connectivity index (χ1) is 22.0. The van der Waals surface area contributed by atoms with E-state index < -0.39 is 53.7 Å². The topological polar surface area (TPSA) is 148 Å². The molecule has 0 aromatic rings. The first-order valence-corrected chi connectivity index (χ1v) is 16.2. The Hall–Kier alpha value is -3.89. The second-order valence-electron chi connectivity index (χ2n) is 12.3. The predicted octanol–water partition coefficient (Wildman–Crippen LogP) is 4.26. The van der Waals surface area contributed by atoms with Crippen LogP contribution in [0.3, 0.4) is 0 Å². The van der Waals surface area contributed by atoms with Crippen LogP contribution in [0.5, 0.6) is 0 Å². The third-order valence-electron chi connectivity index (χ3n) is 8.65. The number of amides is 2. The molecule has 3 rings (SSSR count). The van der Waals surface area contributed by atoms with Gasteiger partial charge < -0.3 is 25.2 Å². The van der Waals surface area contributed by atoms with Crippen LogP contribution in [0.4, 0.5) is 0 Å². The summed E-state index contributed by atoms with van der Waals surface area (Å²) in [7, 11) is 1.47. The number of methoxy groups -OCH3 is 1. The molecule has 1 fully saturated rings. The molecule has 2 aliphatic carbocycles. The van der Waals surface area contributed by atoms with Crippen LogP contribution >= 0.6 is 0 Å². The van der Waals surface area contributed by atoms with E-state index in [9.17, 15) is 29.1 Å². The number of hydrogen-bond donors (Lipinski definition) is 3. The second-order valence-corrected chi connectivity index (χ2v) is 12.3. The van der Waals surface area contributed by atoms with Crippen molar-refractivity contribution in [3.05, 3.63) is 71.5 Å². The monoisotopic (exact) mass is 636 g/mol. The predicted molar refractivity (Wildman–Crippen MR) is 174 cm³/mol. The number of aliphatic hydroxyl groups is 1. The van der Waals surface area contributed by atoms with Gasteiger partial charge in [-0.25, -0.2) is 4.79 Å². The molecule has 5 atom stereocenters. The van der Waals surface area contributed by atoms with E-state index in [-0.39, 0.29) is 35.9 Å². The number of allylic oxidation sites excluding steroid dienone is 8. The number of nitrogens with one attached hydrogen (secondary N) is 2. The lowest BCUT2D eigenvalue weighted by Gasteiger charge is -2.29. The van der Waals surface area contributed by atoms with Crippen LogP contribution in [0.15, 0.2) is 71.5 Å². The Labute approximate surface area is 271 Å². The fraction of sp³-hybridized carbons (Fsp3) is 0.528. The van der Waals surface area contributed by atoms with Crippen LogP contribution in [-0.2, 0) is 33.4 Å². The highest BCUT2D eigenvalue weighted by molar-refractivity contribution is 6.21. The fourth-order valence-electron chi connectivity index (χ4n) is 5.73. The van der Waals surface area contributed by atoms with Gasteiger partial charge in [-0.3, -0.25) is 19.2 Å². The molecule has 10 nitrogen and oxygen atoms in total. The molecule has 10 heteroatoms. The standard InChI is InChI=1S/C36H48N2O8/c1-23-14-13-17-27-20-28(39)21-30(34(27)42)38-32(40)22-29(45-4)18-11-6-5-7-12-19-31(24(2)33(23)41)46-36(44)25(3)37-35(43)26-15-9-8-10-16-26/h5-7,11-12,14,18,20-21,24-26,29,31,33,41H,8-10,13,15-17,19,22H2,1-4H3,(H,37,43)(H,38,40)/b6-5+,12-7+,18-11+,23-14-/t24-,25-,29+,31+,33+/m1/s1. The van der Waals surface area contributed by atoms with Gasteiger partial charge in [0.1, 0.15) is 12.1 Å². The summed E-state index contributed by atoms with van der Waals surface area (Å²) in [6.07, 6.45) is 18.1. The van der Waals surface area contributed by atoms with E-state index in [4.69, 9.17) is 9.47 Å². The van der Waals surface area contributed by atoms with Crippen LogP contribution in [-0.4, -0.2) is 65.9 Å². The Morgan fingerprint density at radius 3 is 2.48 bits per heavy atom. The van der Waals surface area contributed by atoms with Crippen molar-refractivity contribution < 1.29 is 38.6 Å². The molecule has 0 spiro atoms.